The summed E-state index contributed by atoms with van der Waals surface area (Å²) in [5.41, 5.74) is 1.27. The first-order chi connectivity index (χ1) is 12.7. The smallest absolute Gasteiger partial charge is 0.339 e. The molecule has 6 heteroatoms. The van der Waals surface area contributed by atoms with Gasteiger partial charge in [-0.3, -0.25) is 4.79 Å². The van der Waals surface area contributed by atoms with E-state index < -0.39 is 5.97 Å². The SMILES string of the molecule is COC(=O)c1ccccc1NC(=O)c1ccnc(N2CCCCCC2)c1. The number of pyridine rings is 1. The summed E-state index contributed by atoms with van der Waals surface area (Å²) in [5.74, 6) is 0.0570. The van der Waals surface area contributed by atoms with Gasteiger partial charge in [0, 0.05) is 24.8 Å². The average molecular weight is 353 g/mol. The molecule has 1 aliphatic rings. The molecule has 1 N–H and O–H groups in total. The molecule has 1 aromatic carbocycles. The predicted molar refractivity (Wildman–Crippen MR) is 101 cm³/mol. The molecule has 26 heavy (non-hydrogen) atoms. The van der Waals surface area contributed by atoms with Gasteiger partial charge in [-0.25, -0.2) is 9.78 Å². The van der Waals surface area contributed by atoms with E-state index in [2.05, 4.69) is 15.2 Å². The number of hydrogen-bond donors (Lipinski definition) is 1. The molecule has 6 nitrogen and oxygen atoms in total. The number of benzene rings is 1. The number of para-hydroxylation sites is 1. The quantitative estimate of drug-likeness (QED) is 0.852. The third-order valence-corrected chi connectivity index (χ3v) is 4.52. The van der Waals surface area contributed by atoms with E-state index in [0.29, 0.717) is 16.8 Å². The van der Waals surface area contributed by atoms with E-state index in [1.165, 1.54) is 20.0 Å². The van der Waals surface area contributed by atoms with E-state index >= 15 is 0 Å². The van der Waals surface area contributed by atoms with Gasteiger partial charge in [-0.1, -0.05) is 25.0 Å². The van der Waals surface area contributed by atoms with Crippen LogP contribution in [0.3, 0.4) is 0 Å². The van der Waals surface area contributed by atoms with E-state index in [9.17, 15) is 9.59 Å². The Balaban J connectivity index is 1.78. The highest BCUT2D eigenvalue weighted by Crippen LogP contribution is 2.20. The van der Waals surface area contributed by atoms with Crippen molar-refractivity contribution < 1.29 is 14.3 Å². The molecule has 0 saturated carbocycles. The Labute approximate surface area is 153 Å². The standard InChI is InChI=1S/C20H23N3O3/c1-26-20(25)16-8-4-5-9-17(16)22-19(24)15-10-11-21-18(14-15)23-12-6-2-3-7-13-23/h4-5,8-11,14H,2-3,6-7,12-13H2,1H3,(H,22,24). The van der Waals surface area contributed by atoms with Crippen LogP contribution in [0.4, 0.5) is 11.5 Å². The second kappa shape index (κ2) is 8.47. The van der Waals surface area contributed by atoms with Gasteiger partial charge in [0.1, 0.15) is 5.82 Å². The summed E-state index contributed by atoms with van der Waals surface area (Å²) in [6.45, 7) is 1.92. The lowest BCUT2D eigenvalue weighted by molar-refractivity contribution is 0.0602. The molecule has 2 heterocycles. The van der Waals surface area contributed by atoms with Crippen molar-refractivity contribution in [3.05, 3.63) is 53.7 Å². The van der Waals surface area contributed by atoms with Gasteiger partial charge in [0.15, 0.2) is 0 Å². The summed E-state index contributed by atoms with van der Waals surface area (Å²) < 4.78 is 4.77. The second-order valence-electron chi connectivity index (χ2n) is 6.30. The largest absolute Gasteiger partial charge is 0.465 e. The Hall–Kier alpha value is -2.89. The minimum Gasteiger partial charge on any atom is -0.465 e. The van der Waals surface area contributed by atoms with Crippen LogP contribution in [0, 0.1) is 0 Å². The van der Waals surface area contributed by atoms with Crippen LogP contribution >= 0.6 is 0 Å². The normalized spacial score (nSPS) is 14.4. The van der Waals surface area contributed by atoms with Gasteiger partial charge in [0.25, 0.3) is 5.91 Å². The van der Waals surface area contributed by atoms with Crippen molar-refractivity contribution in [2.45, 2.75) is 25.7 Å². The van der Waals surface area contributed by atoms with E-state index in [1.807, 2.05) is 0 Å². The molecule has 0 atom stereocenters. The van der Waals surface area contributed by atoms with Crippen LogP contribution < -0.4 is 10.2 Å². The molecule has 1 amide bonds. The summed E-state index contributed by atoms with van der Waals surface area (Å²) in [6, 6.07) is 10.3. The van der Waals surface area contributed by atoms with Crippen LogP contribution in [-0.2, 0) is 4.74 Å². The molecule has 1 fully saturated rings. The maximum Gasteiger partial charge on any atom is 0.339 e. The highest BCUT2D eigenvalue weighted by atomic mass is 16.5. The number of esters is 1. The van der Waals surface area contributed by atoms with Crippen molar-refractivity contribution in [2.24, 2.45) is 0 Å². The molecule has 3 rings (SSSR count). The van der Waals surface area contributed by atoms with Crippen molar-refractivity contribution in [2.75, 3.05) is 30.4 Å². The number of rotatable bonds is 4. The van der Waals surface area contributed by atoms with Crippen molar-refractivity contribution >= 4 is 23.4 Å². The number of carbonyl (C=O) groups excluding carboxylic acids is 2. The molecular weight excluding hydrogens is 330 g/mol. The summed E-state index contributed by atoms with van der Waals surface area (Å²) in [7, 11) is 1.32. The van der Waals surface area contributed by atoms with Crippen LogP contribution in [0.1, 0.15) is 46.4 Å². The highest BCUT2D eigenvalue weighted by Gasteiger charge is 2.16. The number of methoxy groups -OCH3 is 1. The van der Waals surface area contributed by atoms with Crippen molar-refractivity contribution in [3.63, 3.8) is 0 Å². The summed E-state index contributed by atoms with van der Waals surface area (Å²) >= 11 is 0. The van der Waals surface area contributed by atoms with Crippen molar-refractivity contribution in [3.8, 4) is 0 Å². The van der Waals surface area contributed by atoms with Gasteiger partial charge in [-0.15, -0.1) is 0 Å². The van der Waals surface area contributed by atoms with Gasteiger partial charge in [0.2, 0.25) is 0 Å². The Kier molecular flexibility index (Phi) is 5.84. The number of nitrogens with one attached hydrogen (secondary N) is 1. The first-order valence-electron chi connectivity index (χ1n) is 8.89. The molecule has 0 unspecified atom stereocenters. The number of amides is 1. The highest BCUT2D eigenvalue weighted by molar-refractivity contribution is 6.08. The Morgan fingerprint density at radius 2 is 1.81 bits per heavy atom. The number of carbonyl (C=O) groups is 2. The molecular formula is C20H23N3O3. The molecule has 2 aromatic rings. The molecule has 1 aliphatic heterocycles. The van der Waals surface area contributed by atoms with E-state index in [-0.39, 0.29) is 5.91 Å². The van der Waals surface area contributed by atoms with Gasteiger partial charge < -0.3 is 15.0 Å². The van der Waals surface area contributed by atoms with Gasteiger partial charge in [-0.2, -0.15) is 0 Å². The first-order valence-corrected chi connectivity index (χ1v) is 8.89. The third-order valence-electron chi connectivity index (χ3n) is 4.52. The molecule has 1 saturated heterocycles. The van der Waals surface area contributed by atoms with Crippen molar-refractivity contribution in [1.29, 1.82) is 0 Å². The number of anilines is 2. The summed E-state index contributed by atoms with van der Waals surface area (Å²) in [6.07, 6.45) is 6.42. The minimum atomic E-state index is -0.485. The number of aromatic nitrogens is 1. The van der Waals surface area contributed by atoms with Crippen molar-refractivity contribution in [1.82, 2.24) is 4.98 Å². The van der Waals surface area contributed by atoms with Crippen LogP contribution in [0.25, 0.3) is 0 Å². The predicted octanol–water partition coefficient (Wildman–Crippen LogP) is 3.50. The lowest BCUT2D eigenvalue weighted by Crippen LogP contribution is -2.25. The van der Waals surface area contributed by atoms with E-state index in [0.717, 1.165) is 31.7 Å². The first kappa shape index (κ1) is 17.9. The zero-order valence-electron chi connectivity index (χ0n) is 14.9. The monoisotopic (exact) mass is 353 g/mol. The fourth-order valence-electron chi connectivity index (χ4n) is 3.11. The topological polar surface area (TPSA) is 71.5 Å². The number of nitrogens with zero attached hydrogens (tertiary/aromatic N) is 2. The average Bonchev–Trinajstić information content (AvgIpc) is 2.97. The van der Waals surface area contributed by atoms with Gasteiger partial charge in [-0.05, 0) is 37.1 Å². The minimum absolute atomic E-state index is 0.278. The Morgan fingerprint density at radius 1 is 1.08 bits per heavy atom. The maximum absolute atomic E-state index is 12.7. The number of hydrogen-bond acceptors (Lipinski definition) is 5. The maximum atomic E-state index is 12.7. The second-order valence-corrected chi connectivity index (χ2v) is 6.30. The van der Waals surface area contributed by atoms with Gasteiger partial charge in [0.05, 0.1) is 18.4 Å². The fraction of sp³-hybridized carbons (Fsp3) is 0.350. The van der Waals surface area contributed by atoms with E-state index in [4.69, 9.17) is 4.74 Å². The molecule has 0 spiro atoms. The van der Waals surface area contributed by atoms with Crippen LogP contribution in [-0.4, -0.2) is 37.1 Å². The molecule has 1 aromatic heterocycles. The van der Waals surface area contributed by atoms with Gasteiger partial charge >= 0.3 is 5.97 Å². The molecule has 0 aliphatic carbocycles. The zero-order valence-corrected chi connectivity index (χ0v) is 14.9. The lowest BCUT2D eigenvalue weighted by atomic mass is 10.1. The third kappa shape index (κ3) is 4.20. The summed E-state index contributed by atoms with van der Waals surface area (Å²) in [5, 5.41) is 2.80. The van der Waals surface area contributed by atoms with Crippen LogP contribution in [0.15, 0.2) is 42.6 Å². The van der Waals surface area contributed by atoms with Crippen LogP contribution in [0.2, 0.25) is 0 Å². The zero-order chi connectivity index (χ0) is 18.4. The fourth-order valence-corrected chi connectivity index (χ4v) is 3.11. The lowest BCUT2D eigenvalue weighted by Gasteiger charge is -2.21. The van der Waals surface area contributed by atoms with Crippen LogP contribution in [0.5, 0.6) is 0 Å². The number of ether oxygens (including phenoxy) is 1. The molecule has 0 bridgehead atoms. The molecule has 0 radical (unpaired) electrons. The molecule has 136 valence electrons. The summed E-state index contributed by atoms with van der Waals surface area (Å²) in [4.78, 5) is 31.2. The Morgan fingerprint density at radius 3 is 2.54 bits per heavy atom. The Bertz CT molecular complexity index is 783. The van der Waals surface area contributed by atoms with E-state index in [1.54, 1.807) is 42.6 Å².